The van der Waals surface area contributed by atoms with Crippen LogP contribution < -0.4 is 0 Å². The summed E-state index contributed by atoms with van der Waals surface area (Å²) in [5.41, 5.74) is 11.2. The molecule has 5 heteroatoms. The molecule has 4 aromatic heterocycles. The number of pyridine rings is 3. The van der Waals surface area contributed by atoms with Gasteiger partial charge in [0.25, 0.3) is 0 Å². The Balaban J connectivity index is 0.000000201. The second kappa shape index (κ2) is 13.0. The molecule has 0 amide bonds. The maximum absolute atomic E-state index is 6.56. The molecule has 8 rings (SSSR count). The molecule has 0 fully saturated rings. The van der Waals surface area contributed by atoms with E-state index in [1.165, 1.54) is 11.1 Å². The fraction of sp³-hybridized carbons (Fsp3) is 0.0750. The molecule has 0 atom stereocenters. The molecule has 4 aromatic carbocycles. The number of fused-ring (bicyclic) bond motifs is 4. The third kappa shape index (κ3) is 5.93. The van der Waals surface area contributed by atoms with Crippen molar-refractivity contribution in [3.05, 3.63) is 151 Å². The number of aromatic nitrogens is 3. The normalized spacial score (nSPS) is 10.8. The summed E-state index contributed by atoms with van der Waals surface area (Å²) >= 11 is 0. The van der Waals surface area contributed by atoms with E-state index in [-0.39, 0.29) is 20.1 Å². The summed E-state index contributed by atoms with van der Waals surface area (Å²) in [4.78, 5) is 13.2. The van der Waals surface area contributed by atoms with Gasteiger partial charge < -0.3 is 14.4 Å². The Kier molecular flexibility index (Phi) is 8.66. The Morgan fingerprint density at radius 3 is 2.22 bits per heavy atom. The van der Waals surface area contributed by atoms with Gasteiger partial charge >= 0.3 is 0 Å². The Hall–Kier alpha value is -4.96. The van der Waals surface area contributed by atoms with E-state index in [1.807, 2.05) is 74.0 Å². The van der Waals surface area contributed by atoms with Crippen molar-refractivity contribution < 1.29 is 24.5 Å². The van der Waals surface area contributed by atoms with Crippen LogP contribution in [-0.2, 0) is 20.1 Å². The van der Waals surface area contributed by atoms with Crippen molar-refractivity contribution >= 4 is 32.7 Å². The summed E-state index contributed by atoms with van der Waals surface area (Å²) in [5.74, 6) is 0. The molecule has 4 heterocycles. The molecule has 0 N–H and O–H groups in total. The summed E-state index contributed by atoms with van der Waals surface area (Å²) in [6.07, 6.45) is 7.42. The van der Waals surface area contributed by atoms with Gasteiger partial charge in [-0.15, -0.1) is 53.1 Å². The van der Waals surface area contributed by atoms with Crippen LogP contribution in [0.5, 0.6) is 0 Å². The molecule has 1 radical (unpaired) electrons. The molecular weight excluding hydrogens is 731 g/mol. The maximum Gasteiger partial charge on any atom is 0.128 e. The van der Waals surface area contributed by atoms with Gasteiger partial charge in [0.05, 0.1) is 5.58 Å². The quantitative estimate of drug-likeness (QED) is 0.168. The van der Waals surface area contributed by atoms with Gasteiger partial charge in [-0.05, 0) is 47.0 Å². The molecule has 0 bridgehead atoms. The minimum absolute atomic E-state index is 0. The summed E-state index contributed by atoms with van der Waals surface area (Å²) in [5, 5.41) is 4.49. The molecular formula is C40H29IrN3O-2. The molecule has 0 unspecified atom stereocenters. The number of hydrogen-bond acceptors (Lipinski definition) is 4. The van der Waals surface area contributed by atoms with Gasteiger partial charge in [-0.25, -0.2) is 0 Å². The maximum atomic E-state index is 6.56. The van der Waals surface area contributed by atoms with E-state index >= 15 is 0 Å². The van der Waals surface area contributed by atoms with E-state index in [9.17, 15) is 0 Å². The van der Waals surface area contributed by atoms with Gasteiger partial charge in [-0.1, -0.05) is 85.5 Å². The monoisotopic (exact) mass is 760 g/mol. The first-order valence-corrected chi connectivity index (χ1v) is 14.6. The first-order valence-electron chi connectivity index (χ1n) is 14.6. The number of benzene rings is 4. The van der Waals surface area contributed by atoms with E-state index in [0.717, 1.165) is 71.9 Å². The van der Waals surface area contributed by atoms with E-state index < -0.39 is 0 Å². The molecule has 0 aliphatic heterocycles. The Labute approximate surface area is 276 Å². The molecule has 0 saturated heterocycles. The van der Waals surface area contributed by atoms with E-state index in [4.69, 9.17) is 4.42 Å². The van der Waals surface area contributed by atoms with Crippen LogP contribution in [0.25, 0.3) is 66.4 Å². The van der Waals surface area contributed by atoms with Gasteiger partial charge in [0.15, 0.2) is 0 Å². The molecule has 45 heavy (non-hydrogen) atoms. The summed E-state index contributed by atoms with van der Waals surface area (Å²) in [6.45, 7) is 6.20. The van der Waals surface area contributed by atoms with Crippen molar-refractivity contribution in [1.29, 1.82) is 0 Å². The van der Waals surface area contributed by atoms with E-state index in [0.29, 0.717) is 0 Å². The average Bonchev–Trinajstić information content (AvgIpc) is 3.47. The molecule has 4 nitrogen and oxygen atoms in total. The Morgan fingerprint density at radius 2 is 1.44 bits per heavy atom. The topological polar surface area (TPSA) is 51.8 Å². The van der Waals surface area contributed by atoms with Crippen LogP contribution in [0, 0.1) is 32.9 Å². The average molecular weight is 760 g/mol. The zero-order chi connectivity index (χ0) is 30.0. The predicted molar refractivity (Wildman–Crippen MR) is 179 cm³/mol. The van der Waals surface area contributed by atoms with Crippen LogP contribution >= 0.6 is 0 Å². The van der Waals surface area contributed by atoms with Crippen molar-refractivity contribution in [3.8, 4) is 33.6 Å². The number of hydrogen-bond donors (Lipinski definition) is 0. The van der Waals surface area contributed by atoms with Gasteiger partial charge in [-0.3, -0.25) is 4.98 Å². The molecule has 0 aliphatic rings. The predicted octanol–water partition coefficient (Wildman–Crippen LogP) is 10.1. The van der Waals surface area contributed by atoms with Crippen LogP contribution in [0.2, 0.25) is 0 Å². The zero-order valence-electron chi connectivity index (χ0n) is 25.1. The third-order valence-corrected chi connectivity index (χ3v) is 7.82. The summed E-state index contributed by atoms with van der Waals surface area (Å²) in [6, 6.07) is 39.4. The first kappa shape index (κ1) is 30.1. The van der Waals surface area contributed by atoms with Crippen molar-refractivity contribution in [2.24, 2.45) is 0 Å². The molecule has 0 spiro atoms. The molecule has 8 aromatic rings. The molecule has 0 aliphatic carbocycles. The SMILES string of the molecule is Cc1c[c-]c(-c2ccc(C)cn2)cc1.Cc1c[c-]c(-c2ccccn2)c2oc3c(-c4cccc5ccncc45)cccc3c12.[Ir]. The van der Waals surface area contributed by atoms with Crippen molar-refractivity contribution in [2.45, 2.75) is 20.8 Å². The number of nitrogens with zero attached hydrogens (tertiary/aromatic N) is 3. The van der Waals surface area contributed by atoms with Crippen molar-refractivity contribution in [1.82, 2.24) is 15.0 Å². The second-order valence-corrected chi connectivity index (χ2v) is 11.0. The smallest absolute Gasteiger partial charge is 0.128 e. The fourth-order valence-corrected chi connectivity index (χ4v) is 5.56. The van der Waals surface area contributed by atoms with Gasteiger partial charge in [0.1, 0.15) is 5.58 Å². The van der Waals surface area contributed by atoms with Gasteiger partial charge in [0.2, 0.25) is 0 Å². The van der Waals surface area contributed by atoms with Crippen molar-refractivity contribution in [3.63, 3.8) is 0 Å². The standard InChI is InChI=1S/C27H17N2O.C13H12N.Ir/c1-17-11-12-21(24-10-2-3-14-29-24)27-25(17)22-9-5-8-20(26(22)30-27)19-7-4-6-18-13-15-28-16-23(18)19;1-10-3-6-12(7-4-10)13-8-5-11(2)9-14-13;/h2-11,13-16H,1H3;3-6,8-9H,1-2H3;/q2*-1;. The molecule has 221 valence electrons. The third-order valence-electron chi connectivity index (χ3n) is 7.82. The Morgan fingerprint density at radius 1 is 0.600 bits per heavy atom. The number of rotatable bonds is 3. The Bertz CT molecular complexity index is 2190. The largest absolute Gasteiger partial charge is 0.500 e. The fourth-order valence-electron chi connectivity index (χ4n) is 5.56. The summed E-state index contributed by atoms with van der Waals surface area (Å²) in [7, 11) is 0. The minimum Gasteiger partial charge on any atom is -0.500 e. The number of furan rings is 1. The zero-order valence-corrected chi connectivity index (χ0v) is 27.5. The first-order chi connectivity index (χ1) is 21.6. The van der Waals surface area contributed by atoms with Gasteiger partial charge in [-0.2, -0.15) is 0 Å². The minimum atomic E-state index is 0. The van der Waals surface area contributed by atoms with E-state index in [2.05, 4.69) is 89.5 Å². The second-order valence-electron chi connectivity index (χ2n) is 11.0. The van der Waals surface area contributed by atoms with Crippen molar-refractivity contribution in [2.75, 3.05) is 0 Å². The number of aryl methyl sites for hydroxylation is 3. The van der Waals surface area contributed by atoms with Crippen LogP contribution in [0.3, 0.4) is 0 Å². The van der Waals surface area contributed by atoms with Crippen LogP contribution in [0.4, 0.5) is 0 Å². The van der Waals surface area contributed by atoms with Crippen LogP contribution in [0.1, 0.15) is 16.7 Å². The van der Waals surface area contributed by atoms with E-state index in [1.54, 1.807) is 6.20 Å². The van der Waals surface area contributed by atoms with Crippen LogP contribution in [-0.4, -0.2) is 15.0 Å². The number of para-hydroxylation sites is 1. The summed E-state index contributed by atoms with van der Waals surface area (Å²) < 4.78 is 6.56. The molecule has 0 saturated carbocycles. The van der Waals surface area contributed by atoms with Crippen LogP contribution in [0.15, 0.2) is 126 Å². The van der Waals surface area contributed by atoms with Gasteiger partial charge in [0, 0.05) is 61.2 Å².